The van der Waals surface area contributed by atoms with Crippen LogP contribution in [0.25, 0.3) is 0 Å². The normalized spacial score (nSPS) is 19.0. The molecule has 1 aliphatic rings. The molecule has 76 valence electrons. The van der Waals surface area contributed by atoms with Crippen molar-refractivity contribution in [2.24, 2.45) is 0 Å². The van der Waals surface area contributed by atoms with Gasteiger partial charge in [-0.1, -0.05) is 40.5 Å². The number of ether oxygens (including phenoxy) is 1. The predicted octanol–water partition coefficient (Wildman–Crippen LogP) is 3.52. The molecule has 0 saturated heterocycles. The fourth-order valence-corrected chi connectivity index (χ4v) is 2.97. The van der Waals surface area contributed by atoms with E-state index in [0.717, 1.165) is 6.61 Å². The van der Waals surface area contributed by atoms with Gasteiger partial charge in [-0.25, -0.2) is 0 Å². The average molecular weight is 255 g/mol. The second-order valence-electron chi connectivity index (χ2n) is 4.05. The molecule has 0 atom stereocenters. The summed E-state index contributed by atoms with van der Waals surface area (Å²) in [5.41, 5.74) is 1.70. The third kappa shape index (κ3) is 1.61. The number of halogens is 1. The highest BCUT2D eigenvalue weighted by Gasteiger charge is 2.39. The van der Waals surface area contributed by atoms with Gasteiger partial charge < -0.3 is 4.74 Å². The van der Waals surface area contributed by atoms with Crippen LogP contribution in [0.1, 0.15) is 24.8 Å². The molecule has 1 saturated carbocycles. The number of hydrogen-bond acceptors (Lipinski definition) is 1. The summed E-state index contributed by atoms with van der Waals surface area (Å²) in [5, 5.41) is 0. The largest absolute Gasteiger partial charge is 0.384 e. The zero-order valence-corrected chi connectivity index (χ0v) is 10.0. The number of rotatable bonds is 3. The predicted molar refractivity (Wildman–Crippen MR) is 61.5 cm³/mol. The molecule has 1 fully saturated rings. The lowest BCUT2D eigenvalue weighted by atomic mass is 9.65. The second kappa shape index (κ2) is 4.03. The molecule has 2 rings (SSSR count). The van der Waals surface area contributed by atoms with Gasteiger partial charge in [0, 0.05) is 17.0 Å². The van der Waals surface area contributed by atoms with Crippen molar-refractivity contribution in [2.45, 2.75) is 24.7 Å². The van der Waals surface area contributed by atoms with Gasteiger partial charge in [0.2, 0.25) is 0 Å². The molecule has 1 nitrogen and oxygen atoms in total. The molecule has 0 aromatic heterocycles. The van der Waals surface area contributed by atoms with Crippen molar-refractivity contribution >= 4 is 15.9 Å². The topological polar surface area (TPSA) is 9.23 Å². The molecule has 0 spiro atoms. The summed E-state index contributed by atoms with van der Waals surface area (Å²) < 4.78 is 6.56. The van der Waals surface area contributed by atoms with Gasteiger partial charge in [-0.3, -0.25) is 0 Å². The van der Waals surface area contributed by atoms with E-state index in [0.29, 0.717) is 0 Å². The van der Waals surface area contributed by atoms with Gasteiger partial charge in [-0.2, -0.15) is 0 Å². The molecule has 14 heavy (non-hydrogen) atoms. The highest BCUT2D eigenvalue weighted by atomic mass is 79.9. The molecule has 2 heteroatoms. The molecular weight excluding hydrogens is 240 g/mol. The molecule has 0 aliphatic heterocycles. The standard InChI is InChI=1S/C12H15BrO/c1-14-9-12(7-4-8-12)10-5-2-3-6-11(10)13/h2-3,5-6H,4,7-9H2,1H3. The fourth-order valence-electron chi connectivity index (χ4n) is 2.26. The Kier molecular flexibility index (Phi) is 2.93. The van der Waals surface area contributed by atoms with Crippen LogP contribution >= 0.6 is 15.9 Å². The smallest absolute Gasteiger partial charge is 0.0559 e. The average Bonchev–Trinajstić information content (AvgIpc) is 2.13. The monoisotopic (exact) mass is 254 g/mol. The first-order chi connectivity index (χ1) is 6.78. The third-order valence-corrected chi connectivity index (χ3v) is 3.87. The number of methoxy groups -OCH3 is 1. The number of hydrogen-bond donors (Lipinski definition) is 0. The summed E-state index contributed by atoms with van der Waals surface area (Å²) in [6, 6.07) is 8.50. The Hall–Kier alpha value is -0.340. The van der Waals surface area contributed by atoms with Crippen molar-refractivity contribution in [1.82, 2.24) is 0 Å². The van der Waals surface area contributed by atoms with E-state index in [9.17, 15) is 0 Å². The second-order valence-corrected chi connectivity index (χ2v) is 4.90. The maximum atomic E-state index is 5.34. The molecule has 0 heterocycles. The Labute approximate surface area is 93.6 Å². The summed E-state index contributed by atoms with van der Waals surface area (Å²) in [5.74, 6) is 0. The Bertz CT molecular complexity index is 318. The first-order valence-electron chi connectivity index (χ1n) is 5.02. The lowest BCUT2D eigenvalue weighted by Crippen LogP contribution is -2.38. The fraction of sp³-hybridized carbons (Fsp3) is 0.500. The Morgan fingerprint density at radius 1 is 1.36 bits per heavy atom. The summed E-state index contributed by atoms with van der Waals surface area (Å²) in [6.45, 7) is 0.843. The summed E-state index contributed by atoms with van der Waals surface area (Å²) >= 11 is 3.62. The minimum Gasteiger partial charge on any atom is -0.384 e. The Morgan fingerprint density at radius 2 is 2.07 bits per heavy atom. The third-order valence-electron chi connectivity index (χ3n) is 3.18. The highest BCUT2D eigenvalue weighted by molar-refractivity contribution is 9.10. The van der Waals surface area contributed by atoms with E-state index in [1.165, 1.54) is 29.3 Å². The Balaban J connectivity index is 2.32. The van der Waals surface area contributed by atoms with E-state index >= 15 is 0 Å². The molecule has 0 bridgehead atoms. The van der Waals surface area contributed by atoms with E-state index in [1.54, 1.807) is 7.11 Å². The molecule has 1 aromatic carbocycles. The van der Waals surface area contributed by atoms with Crippen molar-refractivity contribution in [1.29, 1.82) is 0 Å². The zero-order valence-electron chi connectivity index (χ0n) is 8.42. The van der Waals surface area contributed by atoms with E-state index in [2.05, 4.69) is 40.2 Å². The molecule has 0 amide bonds. The first kappa shape index (κ1) is 10.2. The minimum atomic E-state index is 0.287. The van der Waals surface area contributed by atoms with Crippen LogP contribution in [-0.4, -0.2) is 13.7 Å². The van der Waals surface area contributed by atoms with E-state index in [-0.39, 0.29) is 5.41 Å². The van der Waals surface area contributed by atoms with Gasteiger partial charge in [-0.15, -0.1) is 0 Å². The molecule has 0 radical (unpaired) electrons. The highest BCUT2D eigenvalue weighted by Crippen LogP contribution is 2.46. The van der Waals surface area contributed by atoms with Crippen LogP contribution in [0.15, 0.2) is 28.7 Å². The molecule has 1 aromatic rings. The van der Waals surface area contributed by atoms with Crippen molar-refractivity contribution in [3.8, 4) is 0 Å². The van der Waals surface area contributed by atoms with Crippen molar-refractivity contribution in [3.63, 3.8) is 0 Å². The zero-order chi connectivity index (χ0) is 10.0. The first-order valence-corrected chi connectivity index (χ1v) is 5.82. The maximum absolute atomic E-state index is 5.34. The van der Waals surface area contributed by atoms with Crippen LogP contribution in [0, 0.1) is 0 Å². The lowest BCUT2D eigenvalue weighted by Gasteiger charge is -2.42. The van der Waals surface area contributed by atoms with Crippen LogP contribution in [0.2, 0.25) is 0 Å². The maximum Gasteiger partial charge on any atom is 0.0559 e. The van der Waals surface area contributed by atoms with Crippen molar-refractivity contribution in [2.75, 3.05) is 13.7 Å². The van der Waals surface area contributed by atoms with Gasteiger partial charge in [0.25, 0.3) is 0 Å². The van der Waals surface area contributed by atoms with E-state index in [1.807, 2.05) is 0 Å². The van der Waals surface area contributed by atoms with Crippen molar-refractivity contribution < 1.29 is 4.74 Å². The minimum absolute atomic E-state index is 0.287. The van der Waals surface area contributed by atoms with Gasteiger partial charge >= 0.3 is 0 Å². The van der Waals surface area contributed by atoms with Gasteiger partial charge in [0.15, 0.2) is 0 Å². The lowest BCUT2D eigenvalue weighted by molar-refractivity contribution is 0.0787. The quantitative estimate of drug-likeness (QED) is 0.803. The van der Waals surface area contributed by atoms with E-state index < -0.39 is 0 Å². The van der Waals surface area contributed by atoms with Crippen LogP contribution in [0.4, 0.5) is 0 Å². The molecule has 1 aliphatic carbocycles. The van der Waals surface area contributed by atoms with Gasteiger partial charge in [0.1, 0.15) is 0 Å². The van der Waals surface area contributed by atoms with Gasteiger partial charge in [0.05, 0.1) is 6.61 Å². The van der Waals surface area contributed by atoms with Crippen LogP contribution in [0.5, 0.6) is 0 Å². The summed E-state index contributed by atoms with van der Waals surface area (Å²) in [6.07, 6.45) is 3.83. The Morgan fingerprint density at radius 3 is 2.57 bits per heavy atom. The molecule has 0 N–H and O–H groups in total. The van der Waals surface area contributed by atoms with Crippen LogP contribution in [0.3, 0.4) is 0 Å². The van der Waals surface area contributed by atoms with E-state index in [4.69, 9.17) is 4.74 Å². The van der Waals surface area contributed by atoms with Crippen molar-refractivity contribution in [3.05, 3.63) is 34.3 Å². The molecular formula is C12H15BrO. The SMILES string of the molecule is COCC1(c2ccccc2Br)CCC1. The van der Waals surface area contributed by atoms with Gasteiger partial charge in [-0.05, 0) is 24.5 Å². The summed E-state index contributed by atoms with van der Waals surface area (Å²) in [4.78, 5) is 0. The molecule has 0 unspecified atom stereocenters. The number of benzene rings is 1. The van der Waals surface area contributed by atoms with Crippen LogP contribution in [-0.2, 0) is 10.2 Å². The van der Waals surface area contributed by atoms with Crippen LogP contribution < -0.4 is 0 Å². The summed E-state index contributed by atoms with van der Waals surface area (Å²) in [7, 11) is 1.79.